The zero-order chi connectivity index (χ0) is 55.8. The Morgan fingerprint density at radius 2 is 1.24 bits per heavy atom. The van der Waals surface area contributed by atoms with Crippen LogP contribution in [0, 0.1) is 12.1 Å². The fourth-order valence-electron chi connectivity index (χ4n) is 10.5. The number of para-hydroxylation sites is 1. The SMILES string of the molecule is CC(C)(C)c1ccc(-n2c(-c3[c-]ccc4c3oc3cc5c(ccc6ccccc65)cc34)nc3cccc(-c4ccc(-c5nc(C(C)(C)C)nc(C(C)(C)C)n5)cc4)c32)cc1.CC(C)c1cc(-c2[c-]cccc2)ncc1[Si](C)(C)C.[Ir]. The Morgan fingerprint density at radius 1 is 0.562 bits per heavy atom. The molecule has 0 aliphatic heterocycles. The molecule has 0 N–H and O–H groups in total. The molecule has 405 valence electrons. The topological polar surface area (TPSA) is 82.5 Å². The van der Waals surface area contributed by atoms with Crippen molar-refractivity contribution < 1.29 is 24.5 Å². The Morgan fingerprint density at radius 3 is 1.89 bits per heavy atom. The molecular weight excluding hydrogens is 1170 g/mol. The zero-order valence-corrected chi connectivity index (χ0v) is 52.0. The zero-order valence-electron chi connectivity index (χ0n) is 48.6. The third-order valence-electron chi connectivity index (χ3n) is 15.0. The van der Waals surface area contributed by atoms with Gasteiger partial charge in [0.2, 0.25) is 0 Å². The van der Waals surface area contributed by atoms with Crippen molar-refractivity contribution in [1.29, 1.82) is 0 Å². The molecule has 0 aliphatic rings. The van der Waals surface area contributed by atoms with Crippen LogP contribution >= 0.6 is 0 Å². The molecule has 7 nitrogen and oxygen atoms in total. The van der Waals surface area contributed by atoms with Crippen molar-refractivity contribution in [2.75, 3.05) is 0 Å². The van der Waals surface area contributed by atoms with E-state index in [4.69, 9.17) is 24.4 Å². The molecule has 0 unspecified atom stereocenters. The Hall–Kier alpha value is -7.42. The van der Waals surface area contributed by atoms with E-state index in [1.165, 1.54) is 37.9 Å². The summed E-state index contributed by atoms with van der Waals surface area (Å²) in [6.45, 7) is 31.3. The van der Waals surface area contributed by atoms with Crippen LogP contribution in [-0.2, 0) is 36.4 Å². The maximum atomic E-state index is 6.87. The molecule has 8 aromatic carbocycles. The molecule has 4 heterocycles. The van der Waals surface area contributed by atoms with Crippen LogP contribution in [0.3, 0.4) is 0 Å². The third kappa shape index (κ3) is 10.8. The molecule has 1 radical (unpaired) electrons. The number of aromatic nitrogens is 6. The standard InChI is InChI=1S/C54H48N5O.C17H22NSi.Ir/c1-52(2,3)36-26-28-37(29-27-36)59-46-39(33-20-23-34(24-21-33)48-56-50(53(4,5)6)58-51(57-48)54(7,8)9)16-13-19-44(46)55-49(59)41-18-12-17-40-43-30-35-25-22-32-14-10-11-15-38(32)42(35)31-45(43)60-47(40)41;1-13(2)15-11-16(14-9-7-6-8-10-14)18-12-17(15)19(3,4)5;/h10-17,19-31H,1-9H3;6-9,11-13H,1-5H3;/q2*-1;. The van der Waals surface area contributed by atoms with E-state index in [2.05, 4.69) is 257 Å². The number of furan rings is 1. The minimum absolute atomic E-state index is 0. The van der Waals surface area contributed by atoms with Gasteiger partial charge in [-0.25, -0.2) is 15.0 Å². The van der Waals surface area contributed by atoms with Crippen molar-refractivity contribution in [2.24, 2.45) is 0 Å². The predicted molar refractivity (Wildman–Crippen MR) is 334 cm³/mol. The molecule has 0 bridgehead atoms. The van der Waals surface area contributed by atoms with Crippen molar-refractivity contribution >= 4 is 67.8 Å². The maximum Gasteiger partial charge on any atom is 0.163 e. The normalized spacial score (nSPS) is 12.4. The predicted octanol–water partition coefficient (Wildman–Crippen LogP) is 18.3. The summed E-state index contributed by atoms with van der Waals surface area (Å²) in [6, 6.07) is 62.5. The summed E-state index contributed by atoms with van der Waals surface area (Å²) in [4.78, 5) is 24.9. The summed E-state index contributed by atoms with van der Waals surface area (Å²) in [5.74, 6) is 3.57. The molecule has 4 aromatic heterocycles. The smallest absolute Gasteiger partial charge is 0.163 e. The molecular formula is C71H70IrN6OSi-2. The molecule has 9 heteroatoms. The monoisotopic (exact) mass is 1240 g/mol. The molecule has 12 aromatic rings. The van der Waals surface area contributed by atoms with Crippen LogP contribution in [-0.4, -0.2) is 37.6 Å². The Labute approximate surface area is 486 Å². The third-order valence-corrected chi connectivity index (χ3v) is 17.0. The fourth-order valence-corrected chi connectivity index (χ4v) is 12.2. The quantitative estimate of drug-likeness (QED) is 0.0898. The van der Waals surface area contributed by atoms with Gasteiger partial charge in [-0.05, 0) is 85.2 Å². The van der Waals surface area contributed by atoms with Crippen LogP contribution in [0.1, 0.15) is 105 Å². The molecule has 0 saturated carbocycles. The van der Waals surface area contributed by atoms with E-state index in [0.29, 0.717) is 11.7 Å². The second-order valence-electron chi connectivity index (χ2n) is 25.5. The number of imidazole rings is 1. The Balaban J connectivity index is 0.000000306. The minimum atomic E-state index is -1.34. The van der Waals surface area contributed by atoms with Gasteiger partial charge in [-0.15, -0.1) is 54.1 Å². The number of pyridine rings is 1. The summed E-state index contributed by atoms with van der Waals surface area (Å²) in [6.07, 6.45) is 2.09. The van der Waals surface area contributed by atoms with Crippen molar-refractivity contribution in [3.05, 3.63) is 199 Å². The van der Waals surface area contributed by atoms with E-state index >= 15 is 0 Å². The largest absolute Gasteiger partial charge is 0.501 e. The van der Waals surface area contributed by atoms with Crippen molar-refractivity contribution in [3.63, 3.8) is 0 Å². The van der Waals surface area contributed by atoms with Crippen LogP contribution in [0.2, 0.25) is 19.6 Å². The first-order valence-electron chi connectivity index (χ1n) is 27.7. The van der Waals surface area contributed by atoms with Gasteiger partial charge in [0.15, 0.2) is 5.82 Å². The van der Waals surface area contributed by atoms with Gasteiger partial charge in [0.25, 0.3) is 0 Å². The Bertz CT molecular complexity index is 4210. The van der Waals surface area contributed by atoms with E-state index in [-0.39, 0.29) is 36.4 Å². The molecule has 0 atom stereocenters. The van der Waals surface area contributed by atoms with E-state index in [1.54, 1.807) is 0 Å². The number of hydrogen-bond donors (Lipinski definition) is 0. The minimum Gasteiger partial charge on any atom is -0.501 e. The molecule has 0 amide bonds. The number of benzene rings is 8. The first-order valence-corrected chi connectivity index (χ1v) is 31.2. The van der Waals surface area contributed by atoms with Gasteiger partial charge in [-0.3, -0.25) is 4.98 Å². The fraction of sp³-hybridized carbons (Fsp3) is 0.254. The van der Waals surface area contributed by atoms with Crippen LogP contribution in [0.25, 0.3) is 105 Å². The summed E-state index contributed by atoms with van der Waals surface area (Å²) >= 11 is 0. The van der Waals surface area contributed by atoms with Crippen LogP contribution < -0.4 is 5.19 Å². The van der Waals surface area contributed by atoms with Crippen LogP contribution in [0.5, 0.6) is 0 Å². The second kappa shape index (κ2) is 21.2. The first-order chi connectivity index (χ1) is 37.5. The van der Waals surface area contributed by atoms with Gasteiger partial charge in [0, 0.05) is 59.3 Å². The van der Waals surface area contributed by atoms with Crippen molar-refractivity contribution in [3.8, 4) is 50.8 Å². The van der Waals surface area contributed by atoms with E-state index in [1.807, 2.05) is 24.3 Å². The second-order valence-corrected chi connectivity index (χ2v) is 30.6. The summed E-state index contributed by atoms with van der Waals surface area (Å²) < 4.78 is 9.16. The van der Waals surface area contributed by atoms with Crippen molar-refractivity contribution in [2.45, 2.75) is 118 Å². The average molecular weight is 1240 g/mol. The summed E-state index contributed by atoms with van der Waals surface area (Å²) in [5, 5.41) is 8.36. The van der Waals surface area contributed by atoms with Gasteiger partial charge >= 0.3 is 0 Å². The summed E-state index contributed by atoms with van der Waals surface area (Å²) in [5.41, 5.74) is 12.8. The number of hydrogen-bond acceptors (Lipinski definition) is 6. The van der Waals surface area contributed by atoms with Crippen molar-refractivity contribution in [1.82, 2.24) is 29.5 Å². The molecule has 0 saturated heterocycles. The van der Waals surface area contributed by atoms with Crippen LogP contribution in [0.15, 0.2) is 168 Å². The van der Waals surface area contributed by atoms with Gasteiger partial charge in [-0.1, -0.05) is 203 Å². The molecule has 80 heavy (non-hydrogen) atoms. The van der Waals surface area contributed by atoms with E-state index < -0.39 is 8.07 Å². The molecule has 0 aliphatic carbocycles. The van der Waals surface area contributed by atoms with Gasteiger partial charge in [-0.2, -0.15) is 0 Å². The maximum absolute atomic E-state index is 6.87. The number of nitrogens with zero attached hydrogens (tertiary/aromatic N) is 6. The van der Waals surface area contributed by atoms with Gasteiger partial charge in [0.05, 0.1) is 30.5 Å². The van der Waals surface area contributed by atoms with Gasteiger partial charge in [0.1, 0.15) is 17.2 Å². The first kappa shape index (κ1) is 55.9. The average Bonchev–Trinajstić information content (AvgIpc) is 4.10. The number of fused-ring (bicyclic) bond motifs is 7. The van der Waals surface area contributed by atoms with Gasteiger partial charge < -0.3 is 14.0 Å². The van der Waals surface area contributed by atoms with E-state index in [9.17, 15) is 0 Å². The number of rotatable bonds is 7. The summed E-state index contributed by atoms with van der Waals surface area (Å²) in [7, 11) is -1.34. The molecule has 0 spiro atoms. The Kier molecular flexibility index (Phi) is 14.8. The molecule has 12 rings (SSSR count). The van der Waals surface area contributed by atoms with E-state index in [0.717, 1.165) is 89.6 Å². The molecule has 0 fully saturated rings. The van der Waals surface area contributed by atoms with Crippen LogP contribution in [0.4, 0.5) is 0 Å².